The van der Waals surface area contributed by atoms with Crippen LogP contribution >= 0.6 is 0 Å². The summed E-state index contributed by atoms with van der Waals surface area (Å²) in [4.78, 5) is 16.8. The van der Waals surface area contributed by atoms with Crippen LogP contribution in [0.5, 0.6) is 0 Å². The lowest BCUT2D eigenvalue weighted by Crippen LogP contribution is -2.50. The van der Waals surface area contributed by atoms with Gasteiger partial charge in [0.15, 0.2) is 0 Å². The van der Waals surface area contributed by atoms with Crippen molar-refractivity contribution in [3.8, 4) is 0 Å². The zero-order chi connectivity index (χ0) is 15.9. The smallest absolute Gasteiger partial charge is 0.251 e. The molecule has 1 aliphatic rings. The van der Waals surface area contributed by atoms with Crippen LogP contribution in [0.3, 0.4) is 0 Å². The Morgan fingerprint density at radius 3 is 2.55 bits per heavy atom. The van der Waals surface area contributed by atoms with E-state index in [1.807, 2.05) is 30.0 Å². The normalized spacial score (nSPS) is 18.1. The van der Waals surface area contributed by atoms with E-state index in [1.165, 1.54) is 5.56 Å². The van der Waals surface area contributed by atoms with E-state index in [9.17, 15) is 9.90 Å². The first kappa shape index (κ1) is 17.0. The molecule has 122 valence electrons. The van der Waals surface area contributed by atoms with Gasteiger partial charge in [-0.05, 0) is 51.4 Å². The molecule has 1 N–H and O–H groups in total. The standard InChI is InChI=1S/C18H28N2O2/c1-3-17(21)18(22)20(16-10-12-19(2)13-11-16)14-9-15-7-5-4-6-8-15/h4-8,16-17,21H,3,9-14H2,1-2H3/t17-/m0/s1. The van der Waals surface area contributed by atoms with E-state index in [1.54, 1.807) is 0 Å². The molecule has 1 aromatic rings. The van der Waals surface area contributed by atoms with E-state index in [0.717, 1.165) is 32.4 Å². The van der Waals surface area contributed by atoms with Gasteiger partial charge in [-0.2, -0.15) is 0 Å². The molecule has 0 spiro atoms. The van der Waals surface area contributed by atoms with E-state index >= 15 is 0 Å². The third-order valence-electron chi connectivity index (χ3n) is 4.57. The Morgan fingerprint density at radius 2 is 1.95 bits per heavy atom. The van der Waals surface area contributed by atoms with Crippen molar-refractivity contribution in [1.82, 2.24) is 9.80 Å². The molecule has 0 unspecified atom stereocenters. The van der Waals surface area contributed by atoms with Gasteiger partial charge in [0.05, 0.1) is 0 Å². The highest BCUT2D eigenvalue weighted by molar-refractivity contribution is 5.81. The molecule has 0 saturated carbocycles. The maximum atomic E-state index is 12.5. The largest absolute Gasteiger partial charge is 0.383 e. The topological polar surface area (TPSA) is 43.8 Å². The summed E-state index contributed by atoms with van der Waals surface area (Å²) in [6.07, 6.45) is 2.44. The quantitative estimate of drug-likeness (QED) is 0.873. The number of rotatable bonds is 6. The molecular weight excluding hydrogens is 276 g/mol. The minimum absolute atomic E-state index is 0.104. The second-order valence-corrected chi connectivity index (χ2v) is 6.23. The fourth-order valence-corrected chi connectivity index (χ4v) is 3.04. The fourth-order valence-electron chi connectivity index (χ4n) is 3.04. The van der Waals surface area contributed by atoms with Crippen LogP contribution in [0.25, 0.3) is 0 Å². The van der Waals surface area contributed by atoms with Gasteiger partial charge in [0, 0.05) is 12.6 Å². The first-order chi connectivity index (χ1) is 10.6. The Balaban J connectivity index is 2.02. The van der Waals surface area contributed by atoms with Gasteiger partial charge >= 0.3 is 0 Å². The van der Waals surface area contributed by atoms with E-state index in [-0.39, 0.29) is 11.9 Å². The van der Waals surface area contributed by atoms with Crippen molar-refractivity contribution < 1.29 is 9.90 Å². The highest BCUT2D eigenvalue weighted by Gasteiger charge is 2.29. The Morgan fingerprint density at radius 1 is 1.32 bits per heavy atom. The first-order valence-corrected chi connectivity index (χ1v) is 8.32. The lowest BCUT2D eigenvalue weighted by molar-refractivity contribution is -0.143. The third kappa shape index (κ3) is 4.55. The van der Waals surface area contributed by atoms with Crippen LogP contribution in [-0.2, 0) is 11.2 Å². The number of nitrogens with zero attached hydrogens (tertiary/aromatic N) is 2. The summed E-state index contributed by atoms with van der Waals surface area (Å²) >= 11 is 0. The summed E-state index contributed by atoms with van der Waals surface area (Å²) in [6, 6.07) is 10.5. The monoisotopic (exact) mass is 304 g/mol. The van der Waals surface area contributed by atoms with Crippen molar-refractivity contribution in [2.75, 3.05) is 26.7 Å². The van der Waals surface area contributed by atoms with Crippen LogP contribution in [0.2, 0.25) is 0 Å². The van der Waals surface area contributed by atoms with Crippen molar-refractivity contribution in [3.63, 3.8) is 0 Å². The summed E-state index contributed by atoms with van der Waals surface area (Å²) in [7, 11) is 2.12. The Hall–Kier alpha value is -1.39. The maximum Gasteiger partial charge on any atom is 0.251 e. The minimum atomic E-state index is -0.865. The second-order valence-electron chi connectivity index (χ2n) is 6.23. The van der Waals surface area contributed by atoms with Crippen LogP contribution in [0, 0.1) is 0 Å². The molecule has 1 amide bonds. The van der Waals surface area contributed by atoms with Gasteiger partial charge in [-0.1, -0.05) is 37.3 Å². The number of carbonyl (C=O) groups is 1. The molecule has 4 nitrogen and oxygen atoms in total. The predicted octanol–water partition coefficient (Wildman–Crippen LogP) is 1.92. The zero-order valence-electron chi connectivity index (χ0n) is 13.7. The number of hydrogen-bond acceptors (Lipinski definition) is 3. The molecule has 1 fully saturated rings. The average Bonchev–Trinajstić information content (AvgIpc) is 2.56. The van der Waals surface area contributed by atoms with Crippen LogP contribution in [0.1, 0.15) is 31.7 Å². The maximum absolute atomic E-state index is 12.5. The van der Waals surface area contributed by atoms with Gasteiger partial charge < -0.3 is 14.9 Å². The predicted molar refractivity (Wildman–Crippen MR) is 88.7 cm³/mol. The number of carbonyl (C=O) groups excluding carboxylic acids is 1. The fraction of sp³-hybridized carbons (Fsp3) is 0.611. The molecule has 2 rings (SSSR count). The average molecular weight is 304 g/mol. The van der Waals surface area contributed by atoms with Crippen LogP contribution in [-0.4, -0.2) is 59.6 Å². The van der Waals surface area contributed by atoms with Crippen LogP contribution in [0.4, 0.5) is 0 Å². The van der Waals surface area contributed by atoms with Gasteiger partial charge in [-0.3, -0.25) is 4.79 Å². The Bertz CT molecular complexity index is 455. The summed E-state index contributed by atoms with van der Waals surface area (Å²) < 4.78 is 0. The van der Waals surface area contributed by atoms with E-state index in [0.29, 0.717) is 13.0 Å². The molecule has 1 heterocycles. The molecule has 1 aliphatic heterocycles. The van der Waals surface area contributed by atoms with Crippen molar-refractivity contribution >= 4 is 5.91 Å². The van der Waals surface area contributed by atoms with Crippen LogP contribution < -0.4 is 0 Å². The van der Waals surface area contributed by atoms with Gasteiger partial charge in [0.2, 0.25) is 0 Å². The first-order valence-electron chi connectivity index (χ1n) is 8.32. The van der Waals surface area contributed by atoms with Gasteiger partial charge in [-0.15, -0.1) is 0 Å². The second kappa shape index (κ2) is 8.30. The number of amides is 1. The molecule has 0 aromatic heterocycles. The van der Waals surface area contributed by atoms with E-state index < -0.39 is 6.10 Å². The molecule has 1 saturated heterocycles. The number of piperidine rings is 1. The van der Waals surface area contributed by atoms with Crippen molar-refractivity contribution in [3.05, 3.63) is 35.9 Å². The van der Waals surface area contributed by atoms with Crippen molar-refractivity contribution in [1.29, 1.82) is 0 Å². The molecule has 0 radical (unpaired) electrons. The Labute approximate surface area is 133 Å². The molecule has 1 aromatic carbocycles. The summed E-state index contributed by atoms with van der Waals surface area (Å²) in [5.74, 6) is -0.104. The van der Waals surface area contributed by atoms with E-state index in [4.69, 9.17) is 0 Å². The molecule has 22 heavy (non-hydrogen) atoms. The lowest BCUT2D eigenvalue weighted by atomic mass is 10.0. The molecule has 4 heteroatoms. The SMILES string of the molecule is CC[C@H](O)C(=O)N(CCc1ccccc1)C1CCN(C)CC1. The summed E-state index contributed by atoms with van der Waals surface area (Å²) in [5, 5.41) is 9.98. The van der Waals surface area contributed by atoms with Crippen molar-refractivity contribution in [2.45, 2.75) is 44.8 Å². The third-order valence-corrected chi connectivity index (χ3v) is 4.57. The van der Waals surface area contributed by atoms with Crippen LogP contribution in [0.15, 0.2) is 30.3 Å². The van der Waals surface area contributed by atoms with Gasteiger partial charge in [0.25, 0.3) is 5.91 Å². The highest BCUT2D eigenvalue weighted by Crippen LogP contribution is 2.18. The lowest BCUT2D eigenvalue weighted by Gasteiger charge is -2.38. The number of hydrogen-bond donors (Lipinski definition) is 1. The molecule has 0 aliphatic carbocycles. The molecular formula is C18H28N2O2. The number of benzene rings is 1. The highest BCUT2D eigenvalue weighted by atomic mass is 16.3. The molecule has 0 bridgehead atoms. The van der Waals surface area contributed by atoms with E-state index in [2.05, 4.69) is 24.1 Å². The zero-order valence-corrected chi connectivity index (χ0v) is 13.7. The van der Waals surface area contributed by atoms with Gasteiger partial charge in [0.1, 0.15) is 6.10 Å². The number of likely N-dealkylation sites (tertiary alicyclic amines) is 1. The summed E-state index contributed by atoms with van der Waals surface area (Å²) in [5.41, 5.74) is 1.24. The van der Waals surface area contributed by atoms with Gasteiger partial charge in [-0.25, -0.2) is 0 Å². The summed E-state index contributed by atoms with van der Waals surface area (Å²) in [6.45, 7) is 4.57. The number of aliphatic hydroxyl groups excluding tert-OH is 1. The minimum Gasteiger partial charge on any atom is -0.383 e. The Kier molecular flexibility index (Phi) is 6.40. The molecule has 1 atom stereocenters. The number of aliphatic hydroxyl groups is 1. The van der Waals surface area contributed by atoms with Crippen molar-refractivity contribution in [2.24, 2.45) is 0 Å².